The molecule has 2 aromatic carbocycles. The number of thiazole rings is 1. The predicted octanol–water partition coefficient (Wildman–Crippen LogP) is 2.76. The number of nitrogens with zero attached hydrogens (tertiary/aromatic N) is 2. The zero-order valence-electron chi connectivity index (χ0n) is 14.7. The fraction of sp³-hybridized carbons (Fsp3) is 0.167. The van der Waals surface area contributed by atoms with Gasteiger partial charge in [-0.05, 0) is 42.5 Å². The number of carbonyl (C=O) groups is 2. The van der Waals surface area contributed by atoms with Crippen molar-refractivity contribution in [1.82, 2.24) is 4.98 Å². The number of aromatic nitrogens is 1. The van der Waals surface area contributed by atoms with Crippen LogP contribution in [0, 0.1) is 0 Å². The summed E-state index contributed by atoms with van der Waals surface area (Å²) in [5.41, 5.74) is 1.02. The molecule has 0 aliphatic carbocycles. The monoisotopic (exact) mass is 417 g/mol. The first-order valence-electron chi connectivity index (χ1n) is 8.30. The summed E-state index contributed by atoms with van der Waals surface area (Å²) in [6.45, 7) is 0. The Hall–Kier alpha value is -2.98. The first-order chi connectivity index (χ1) is 13.4. The van der Waals surface area contributed by atoms with E-state index in [0.717, 1.165) is 9.60 Å². The number of benzene rings is 2. The zero-order valence-corrected chi connectivity index (χ0v) is 16.3. The van der Waals surface area contributed by atoms with Gasteiger partial charge in [-0.2, -0.15) is 0 Å². The minimum Gasteiger partial charge on any atom is -0.497 e. The van der Waals surface area contributed by atoms with Crippen LogP contribution in [0.2, 0.25) is 0 Å². The van der Waals surface area contributed by atoms with Gasteiger partial charge in [-0.25, -0.2) is 13.4 Å². The Bertz CT molecular complexity index is 1170. The van der Waals surface area contributed by atoms with Gasteiger partial charge in [0.15, 0.2) is 5.13 Å². The number of anilines is 2. The molecule has 28 heavy (non-hydrogen) atoms. The average molecular weight is 417 g/mol. The second kappa shape index (κ2) is 6.88. The van der Waals surface area contributed by atoms with Crippen molar-refractivity contribution in [2.75, 3.05) is 16.7 Å². The third-order valence-corrected chi connectivity index (χ3v) is 6.69. The highest BCUT2D eigenvalue weighted by molar-refractivity contribution is 7.93. The van der Waals surface area contributed by atoms with E-state index >= 15 is 0 Å². The van der Waals surface area contributed by atoms with Crippen molar-refractivity contribution in [2.45, 2.75) is 17.7 Å². The SMILES string of the molecule is COc1ccc2nc(NS(=O)(=O)c3ccc(N4C(=O)CCC4=O)cc3)sc2c1. The lowest BCUT2D eigenvalue weighted by atomic mass is 10.3. The molecule has 0 spiro atoms. The molecule has 1 N–H and O–H groups in total. The number of nitrogens with one attached hydrogen (secondary N) is 1. The topological polar surface area (TPSA) is 106 Å². The average Bonchev–Trinajstić information content (AvgIpc) is 3.22. The van der Waals surface area contributed by atoms with E-state index in [0.29, 0.717) is 17.0 Å². The Labute approximate surface area is 164 Å². The van der Waals surface area contributed by atoms with Gasteiger partial charge in [0.1, 0.15) is 5.75 Å². The molecule has 4 rings (SSSR count). The van der Waals surface area contributed by atoms with E-state index in [1.165, 1.54) is 35.6 Å². The summed E-state index contributed by atoms with van der Waals surface area (Å²) in [6, 6.07) is 10.9. The quantitative estimate of drug-likeness (QED) is 0.640. The van der Waals surface area contributed by atoms with Crippen molar-refractivity contribution in [3.05, 3.63) is 42.5 Å². The highest BCUT2D eigenvalue weighted by atomic mass is 32.2. The van der Waals surface area contributed by atoms with Crippen LogP contribution < -0.4 is 14.4 Å². The van der Waals surface area contributed by atoms with Gasteiger partial charge in [-0.3, -0.25) is 19.2 Å². The Balaban J connectivity index is 1.58. The van der Waals surface area contributed by atoms with Crippen LogP contribution >= 0.6 is 11.3 Å². The molecule has 0 radical (unpaired) electrons. The molecule has 1 fully saturated rings. The van der Waals surface area contributed by atoms with Gasteiger partial charge in [0.05, 0.1) is 27.9 Å². The molecular formula is C18H15N3O5S2. The van der Waals surface area contributed by atoms with Gasteiger partial charge in [-0.1, -0.05) is 11.3 Å². The Morgan fingerprint density at radius 1 is 1.07 bits per heavy atom. The van der Waals surface area contributed by atoms with Gasteiger partial charge in [0, 0.05) is 12.8 Å². The lowest BCUT2D eigenvalue weighted by Crippen LogP contribution is -2.28. The summed E-state index contributed by atoms with van der Waals surface area (Å²) in [4.78, 5) is 29.0. The van der Waals surface area contributed by atoms with Gasteiger partial charge >= 0.3 is 0 Å². The highest BCUT2D eigenvalue weighted by Gasteiger charge is 2.30. The first kappa shape index (κ1) is 18.4. The molecule has 2 heterocycles. The summed E-state index contributed by atoms with van der Waals surface area (Å²) < 4.78 is 33.7. The number of hydrogen-bond acceptors (Lipinski definition) is 7. The van der Waals surface area contributed by atoms with Crippen LogP contribution in [0.25, 0.3) is 10.2 Å². The molecular weight excluding hydrogens is 402 g/mol. The van der Waals surface area contributed by atoms with E-state index in [1.54, 1.807) is 25.3 Å². The van der Waals surface area contributed by atoms with Gasteiger partial charge < -0.3 is 4.74 Å². The van der Waals surface area contributed by atoms with Crippen molar-refractivity contribution in [3.8, 4) is 5.75 Å². The maximum Gasteiger partial charge on any atom is 0.263 e. The lowest BCUT2D eigenvalue weighted by Gasteiger charge is -2.14. The number of amides is 2. The minimum atomic E-state index is -3.87. The second-order valence-corrected chi connectivity index (χ2v) is 8.79. The van der Waals surface area contributed by atoms with Crippen LogP contribution in [0.1, 0.15) is 12.8 Å². The van der Waals surface area contributed by atoms with E-state index in [2.05, 4.69) is 9.71 Å². The number of rotatable bonds is 5. The summed E-state index contributed by atoms with van der Waals surface area (Å²) >= 11 is 1.19. The fourth-order valence-corrected chi connectivity index (χ4v) is 5.02. The summed E-state index contributed by atoms with van der Waals surface area (Å²) in [5.74, 6) is 0.0828. The molecule has 8 nitrogen and oxygen atoms in total. The Morgan fingerprint density at radius 3 is 2.39 bits per heavy atom. The fourth-order valence-electron chi connectivity index (χ4n) is 2.89. The maximum atomic E-state index is 12.6. The molecule has 1 aliphatic heterocycles. The van der Waals surface area contributed by atoms with Crippen LogP contribution in [-0.2, 0) is 19.6 Å². The van der Waals surface area contributed by atoms with Crippen LogP contribution in [0.5, 0.6) is 5.75 Å². The largest absolute Gasteiger partial charge is 0.497 e. The van der Waals surface area contributed by atoms with Crippen molar-refractivity contribution in [3.63, 3.8) is 0 Å². The number of imide groups is 1. The molecule has 1 aliphatic rings. The molecule has 2 amide bonds. The second-order valence-electron chi connectivity index (χ2n) is 6.07. The van der Waals surface area contributed by atoms with E-state index in [-0.39, 0.29) is 34.7 Å². The van der Waals surface area contributed by atoms with E-state index in [4.69, 9.17) is 4.74 Å². The third-order valence-electron chi connectivity index (χ3n) is 4.27. The van der Waals surface area contributed by atoms with Crippen molar-refractivity contribution in [1.29, 1.82) is 0 Å². The smallest absolute Gasteiger partial charge is 0.263 e. The van der Waals surface area contributed by atoms with Crippen LogP contribution in [0.15, 0.2) is 47.4 Å². The molecule has 3 aromatic rings. The summed E-state index contributed by atoms with van der Waals surface area (Å²) in [5, 5.41) is 0.234. The molecule has 0 saturated carbocycles. The van der Waals surface area contributed by atoms with E-state index in [9.17, 15) is 18.0 Å². The molecule has 10 heteroatoms. The molecule has 0 unspecified atom stereocenters. The van der Waals surface area contributed by atoms with E-state index < -0.39 is 10.0 Å². The molecule has 0 bridgehead atoms. The maximum absolute atomic E-state index is 12.6. The van der Waals surface area contributed by atoms with Crippen LogP contribution in [0.4, 0.5) is 10.8 Å². The number of methoxy groups -OCH3 is 1. The minimum absolute atomic E-state index is 0.00665. The number of ether oxygens (including phenoxy) is 1. The van der Waals surface area contributed by atoms with E-state index in [1.807, 2.05) is 0 Å². The summed E-state index contributed by atoms with van der Waals surface area (Å²) in [7, 11) is -2.31. The predicted molar refractivity (Wildman–Crippen MR) is 105 cm³/mol. The Kier molecular flexibility index (Phi) is 4.52. The lowest BCUT2D eigenvalue weighted by molar-refractivity contribution is -0.121. The number of sulfonamides is 1. The van der Waals surface area contributed by atoms with Crippen LogP contribution in [-0.4, -0.2) is 32.3 Å². The first-order valence-corrected chi connectivity index (χ1v) is 10.6. The molecule has 144 valence electrons. The number of hydrogen-bond donors (Lipinski definition) is 1. The van der Waals surface area contributed by atoms with Crippen molar-refractivity contribution < 1.29 is 22.7 Å². The standard InChI is InChI=1S/C18H15N3O5S2/c1-26-12-4-7-14-15(10-12)27-18(19-14)20-28(24,25)13-5-2-11(3-6-13)21-16(22)8-9-17(21)23/h2-7,10H,8-9H2,1H3,(H,19,20). The van der Waals surface area contributed by atoms with Crippen molar-refractivity contribution in [2.24, 2.45) is 0 Å². The van der Waals surface area contributed by atoms with Crippen molar-refractivity contribution >= 4 is 54.2 Å². The number of carbonyl (C=O) groups excluding carboxylic acids is 2. The summed E-state index contributed by atoms with van der Waals surface area (Å²) in [6.07, 6.45) is 0.339. The molecule has 1 aromatic heterocycles. The third kappa shape index (κ3) is 3.32. The molecule has 1 saturated heterocycles. The van der Waals surface area contributed by atoms with Gasteiger partial charge in [0.2, 0.25) is 11.8 Å². The van der Waals surface area contributed by atoms with Gasteiger partial charge in [0.25, 0.3) is 10.0 Å². The van der Waals surface area contributed by atoms with Gasteiger partial charge in [-0.15, -0.1) is 0 Å². The Morgan fingerprint density at radius 2 is 1.75 bits per heavy atom. The molecule has 0 atom stereocenters. The normalized spacial score (nSPS) is 14.7. The highest BCUT2D eigenvalue weighted by Crippen LogP contribution is 2.31. The zero-order chi connectivity index (χ0) is 19.9. The number of fused-ring (bicyclic) bond motifs is 1. The van der Waals surface area contributed by atoms with Crippen LogP contribution in [0.3, 0.4) is 0 Å².